The second-order valence-corrected chi connectivity index (χ2v) is 3.25. The van der Waals surface area contributed by atoms with Crippen LogP contribution in [0.1, 0.15) is 0 Å². The summed E-state index contributed by atoms with van der Waals surface area (Å²) in [5.74, 6) is 0. The summed E-state index contributed by atoms with van der Waals surface area (Å²) < 4.78 is 1.68. The third kappa shape index (κ3) is 1.48. The van der Waals surface area contributed by atoms with Crippen molar-refractivity contribution in [1.82, 2.24) is 4.57 Å². The van der Waals surface area contributed by atoms with Gasteiger partial charge in [0.05, 0.1) is 10.4 Å². The summed E-state index contributed by atoms with van der Waals surface area (Å²) in [6.07, 6.45) is 1.59. The Bertz CT molecular complexity index is 601. The summed E-state index contributed by atoms with van der Waals surface area (Å²) in [7, 11) is 1.74. The second-order valence-electron chi connectivity index (χ2n) is 3.25. The lowest BCUT2D eigenvalue weighted by Gasteiger charge is -2.03. The van der Waals surface area contributed by atoms with Gasteiger partial charge in [-0.3, -0.25) is 14.9 Å². The number of rotatable bonds is 1. The highest BCUT2D eigenvalue weighted by Gasteiger charge is 2.08. The molecule has 0 aliphatic rings. The molecule has 0 aliphatic heterocycles. The average Bonchev–Trinajstić information content (AvgIpc) is 2.23. The van der Waals surface area contributed by atoms with Crippen molar-refractivity contribution in [3.05, 3.63) is 50.8 Å². The van der Waals surface area contributed by atoms with Crippen LogP contribution in [0.2, 0.25) is 0 Å². The van der Waals surface area contributed by atoms with Crippen LogP contribution in [-0.2, 0) is 7.05 Å². The van der Waals surface area contributed by atoms with Gasteiger partial charge in [0.1, 0.15) is 0 Å². The summed E-state index contributed by atoms with van der Waals surface area (Å²) in [5.41, 5.74) is 0.429. The fourth-order valence-electron chi connectivity index (χ4n) is 1.48. The molecule has 0 unspecified atom stereocenters. The zero-order chi connectivity index (χ0) is 11.0. The van der Waals surface area contributed by atoms with E-state index in [0.717, 1.165) is 0 Å². The molecule has 0 aliphatic carbocycles. The maximum absolute atomic E-state index is 11.4. The Morgan fingerprint density at radius 1 is 1.33 bits per heavy atom. The number of nitro groups is 1. The van der Waals surface area contributed by atoms with Crippen molar-refractivity contribution >= 4 is 16.6 Å². The van der Waals surface area contributed by atoms with Crippen LogP contribution >= 0.6 is 0 Å². The van der Waals surface area contributed by atoms with Crippen molar-refractivity contribution in [3.63, 3.8) is 0 Å². The lowest BCUT2D eigenvalue weighted by Crippen LogP contribution is -2.05. The van der Waals surface area contributed by atoms with E-state index in [2.05, 4.69) is 0 Å². The molecule has 1 heterocycles. The van der Waals surface area contributed by atoms with Crippen molar-refractivity contribution in [1.29, 1.82) is 0 Å². The van der Waals surface area contributed by atoms with Crippen molar-refractivity contribution in [3.8, 4) is 0 Å². The number of pyridine rings is 1. The molecule has 0 fully saturated rings. The highest BCUT2D eigenvalue weighted by Crippen LogP contribution is 2.17. The van der Waals surface area contributed by atoms with E-state index in [0.29, 0.717) is 10.9 Å². The standard InChI is InChI=1S/C10H8N2O3/c1-11-5-4-10(13)8-3-2-7(12(14)15)6-9(8)11/h2-6H,1H3. The Morgan fingerprint density at radius 3 is 2.73 bits per heavy atom. The van der Waals surface area contributed by atoms with Gasteiger partial charge in [0.25, 0.3) is 5.69 Å². The number of aryl methyl sites for hydroxylation is 1. The number of fused-ring (bicyclic) bond motifs is 1. The Kier molecular flexibility index (Phi) is 2.00. The van der Waals surface area contributed by atoms with Crippen LogP contribution < -0.4 is 5.43 Å². The number of non-ortho nitro benzene ring substituents is 1. The van der Waals surface area contributed by atoms with Crippen molar-refractivity contribution in [2.45, 2.75) is 0 Å². The third-order valence-corrected chi connectivity index (χ3v) is 2.29. The molecule has 2 rings (SSSR count). The first kappa shape index (κ1) is 9.39. The molecule has 0 saturated heterocycles. The van der Waals surface area contributed by atoms with Gasteiger partial charge in [-0.05, 0) is 6.07 Å². The fraction of sp³-hybridized carbons (Fsp3) is 0.100. The summed E-state index contributed by atoms with van der Waals surface area (Å²) >= 11 is 0. The monoisotopic (exact) mass is 204 g/mol. The van der Waals surface area contributed by atoms with E-state index in [-0.39, 0.29) is 11.1 Å². The average molecular weight is 204 g/mol. The number of nitro benzene ring substituents is 1. The molecular weight excluding hydrogens is 196 g/mol. The molecule has 76 valence electrons. The van der Waals surface area contributed by atoms with E-state index < -0.39 is 4.92 Å². The topological polar surface area (TPSA) is 65.1 Å². The summed E-state index contributed by atoms with van der Waals surface area (Å²) in [6.45, 7) is 0. The van der Waals surface area contributed by atoms with E-state index >= 15 is 0 Å². The predicted molar refractivity (Wildman–Crippen MR) is 55.8 cm³/mol. The van der Waals surface area contributed by atoms with Crippen LogP contribution in [0.3, 0.4) is 0 Å². The minimum absolute atomic E-state index is 0.0105. The van der Waals surface area contributed by atoms with Gasteiger partial charge in [-0.1, -0.05) is 0 Å². The quantitative estimate of drug-likeness (QED) is 0.521. The number of hydrogen-bond donors (Lipinski definition) is 0. The van der Waals surface area contributed by atoms with Crippen molar-refractivity contribution in [2.24, 2.45) is 7.05 Å². The first-order valence-corrected chi connectivity index (χ1v) is 4.33. The van der Waals surface area contributed by atoms with E-state index in [9.17, 15) is 14.9 Å². The van der Waals surface area contributed by atoms with Gasteiger partial charge in [-0.2, -0.15) is 0 Å². The van der Waals surface area contributed by atoms with Crippen LogP contribution in [0.25, 0.3) is 10.9 Å². The zero-order valence-corrected chi connectivity index (χ0v) is 8.01. The molecule has 15 heavy (non-hydrogen) atoms. The van der Waals surface area contributed by atoms with E-state index in [1.807, 2.05) is 0 Å². The lowest BCUT2D eigenvalue weighted by molar-refractivity contribution is -0.384. The molecule has 0 atom stereocenters. The highest BCUT2D eigenvalue weighted by atomic mass is 16.6. The predicted octanol–water partition coefficient (Wildman–Crippen LogP) is 1.45. The van der Waals surface area contributed by atoms with Gasteiger partial charge >= 0.3 is 0 Å². The number of nitrogens with zero attached hydrogens (tertiary/aromatic N) is 2. The molecule has 0 amide bonds. The molecule has 5 nitrogen and oxygen atoms in total. The van der Waals surface area contributed by atoms with Crippen molar-refractivity contribution < 1.29 is 4.92 Å². The molecule has 0 N–H and O–H groups in total. The van der Waals surface area contributed by atoms with Gasteiger partial charge in [0.15, 0.2) is 5.43 Å². The van der Waals surface area contributed by atoms with Crippen LogP contribution in [0, 0.1) is 10.1 Å². The second kappa shape index (κ2) is 3.20. The molecular formula is C10H8N2O3. The minimum atomic E-state index is -0.475. The Labute approximate surface area is 84.7 Å². The SMILES string of the molecule is Cn1ccc(=O)c2ccc([N+](=O)[O-])cc21. The van der Waals surface area contributed by atoms with Gasteiger partial charge in [-0.15, -0.1) is 0 Å². The molecule has 0 saturated carbocycles. The molecule has 5 heteroatoms. The first-order valence-electron chi connectivity index (χ1n) is 4.33. The summed E-state index contributed by atoms with van der Waals surface area (Å²) in [5, 5.41) is 11.1. The highest BCUT2D eigenvalue weighted by molar-refractivity contribution is 5.81. The third-order valence-electron chi connectivity index (χ3n) is 2.29. The van der Waals surface area contributed by atoms with Crippen LogP contribution in [0.4, 0.5) is 5.69 Å². The maximum atomic E-state index is 11.4. The lowest BCUT2D eigenvalue weighted by atomic mass is 10.2. The Balaban J connectivity index is 2.87. The van der Waals surface area contributed by atoms with E-state index in [4.69, 9.17) is 0 Å². The van der Waals surface area contributed by atoms with Crippen LogP contribution in [0.15, 0.2) is 35.3 Å². The van der Waals surface area contributed by atoms with Crippen LogP contribution in [0.5, 0.6) is 0 Å². The van der Waals surface area contributed by atoms with Gasteiger partial charge < -0.3 is 4.57 Å². The van der Waals surface area contributed by atoms with E-state index in [1.165, 1.54) is 24.3 Å². The number of benzene rings is 1. The number of hydrogen-bond acceptors (Lipinski definition) is 3. The molecule has 1 aromatic heterocycles. The van der Waals surface area contributed by atoms with E-state index in [1.54, 1.807) is 17.8 Å². The zero-order valence-electron chi connectivity index (χ0n) is 8.01. The summed E-state index contributed by atoms with van der Waals surface area (Å²) in [6, 6.07) is 5.66. The maximum Gasteiger partial charge on any atom is 0.271 e. The van der Waals surface area contributed by atoms with Gasteiger partial charge in [-0.25, -0.2) is 0 Å². The Hall–Kier alpha value is -2.17. The molecule has 0 bridgehead atoms. The normalized spacial score (nSPS) is 10.5. The number of aromatic nitrogens is 1. The smallest absolute Gasteiger partial charge is 0.271 e. The molecule has 0 radical (unpaired) electrons. The first-order chi connectivity index (χ1) is 7.09. The fourth-order valence-corrected chi connectivity index (χ4v) is 1.48. The Morgan fingerprint density at radius 2 is 2.07 bits per heavy atom. The summed E-state index contributed by atoms with van der Waals surface area (Å²) in [4.78, 5) is 21.5. The van der Waals surface area contributed by atoms with Gasteiger partial charge in [0, 0.05) is 36.8 Å². The van der Waals surface area contributed by atoms with Gasteiger partial charge in [0.2, 0.25) is 0 Å². The molecule has 0 spiro atoms. The van der Waals surface area contributed by atoms with Crippen LogP contribution in [-0.4, -0.2) is 9.49 Å². The van der Waals surface area contributed by atoms with Crippen molar-refractivity contribution in [2.75, 3.05) is 0 Å². The molecule has 2 aromatic rings. The molecule has 1 aromatic carbocycles. The minimum Gasteiger partial charge on any atom is -0.350 e. The largest absolute Gasteiger partial charge is 0.350 e.